The molecule has 0 aliphatic carbocycles. The second kappa shape index (κ2) is 6.02. The summed E-state index contributed by atoms with van der Waals surface area (Å²) in [6.45, 7) is 2.20. The highest BCUT2D eigenvalue weighted by Gasteiger charge is 2.15. The molecule has 0 unspecified atom stereocenters. The minimum atomic E-state index is -3.50. The van der Waals surface area contributed by atoms with E-state index in [4.69, 9.17) is 0 Å². The van der Waals surface area contributed by atoms with E-state index < -0.39 is 10.2 Å². The quantitative estimate of drug-likeness (QED) is 0.755. The minimum absolute atomic E-state index is 0.413. The molecular formula is C16H18N4O2S. The van der Waals surface area contributed by atoms with Crippen LogP contribution in [-0.2, 0) is 10.2 Å². The standard InChI is InChI=1S/C16H18N4O2S/c1-3-20(2)23(21,22)19-13-6-4-12(5-7-13)14-8-10-17-16-15(14)9-11-18-16/h4-11,19H,3H2,1-2H3,(H,17,18). The van der Waals surface area contributed by atoms with E-state index in [0.29, 0.717) is 12.2 Å². The number of benzene rings is 1. The first-order valence-corrected chi connectivity index (χ1v) is 8.72. The van der Waals surface area contributed by atoms with Gasteiger partial charge in [0.25, 0.3) is 0 Å². The van der Waals surface area contributed by atoms with E-state index in [0.717, 1.165) is 22.2 Å². The summed E-state index contributed by atoms with van der Waals surface area (Å²) in [6.07, 6.45) is 3.60. The summed E-state index contributed by atoms with van der Waals surface area (Å²) in [6, 6.07) is 11.2. The molecule has 120 valence electrons. The third-order valence-electron chi connectivity index (χ3n) is 3.76. The fourth-order valence-corrected chi connectivity index (χ4v) is 3.26. The molecule has 0 aliphatic heterocycles. The topological polar surface area (TPSA) is 78.1 Å². The van der Waals surface area contributed by atoms with Crippen molar-refractivity contribution in [2.75, 3.05) is 18.3 Å². The van der Waals surface area contributed by atoms with E-state index >= 15 is 0 Å². The Balaban J connectivity index is 1.90. The molecule has 0 aliphatic rings. The Morgan fingerprint density at radius 1 is 1.17 bits per heavy atom. The summed E-state index contributed by atoms with van der Waals surface area (Å²) >= 11 is 0. The lowest BCUT2D eigenvalue weighted by Crippen LogP contribution is -2.32. The Morgan fingerprint density at radius 3 is 2.61 bits per heavy atom. The molecule has 0 spiro atoms. The van der Waals surface area contributed by atoms with Crippen molar-refractivity contribution >= 4 is 26.9 Å². The van der Waals surface area contributed by atoms with Gasteiger partial charge in [0.15, 0.2) is 0 Å². The first-order chi connectivity index (χ1) is 11.0. The maximum absolute atomic E-state index is 12.0. The van der Waals surface area contributed by atoms with Crippen LogP contribution in [0.3, 0.4) is 0 Å². The predicted octanol–water partition coefficient (Wildman–Crippen LogP) is 2.84. The molecule has 6 nitrogen and oxygen atoms in total. The number of H-pyrrole nitrogens is 1. The smallest absolute Gasteiger partial charge is 0.301 e. The highest BCUT2D eigenvalue weighted by Crippen LogP contribution is 2.28. The third kappa shape index (κ3) is 3.06. The number of pyridine rings is 1. The molecule has 0 saturated carbocycles. The zero-order valence-electron chi connectivity index (χ0n) is 12.9. The number of rotatable bonds is 5. The number of anilines is 1. The van der Waals surface area contributed by atoms with Crippen molar-refractivity contribution in [2.45, 2.75) is 6.92 Å². The molecule has 3 rings (SSSR count). The van der Waals surface area contributed by atoms with E-state index in [9.17, 15) is 8.42 Å². The third-order valence-corrected chi connectivity index (χ3v) is 5.33. The van der Waals surface area contributed by atoms with Gasteiger partial charge >= 0.3 is 10.2 Å². The number of aromatic nitrogens is 2. The van der Waals surface area contributed by atoms with E-state index in [1.54, 1.807) is 25.3 Å². The molecule has 7 heteroatoms. The zero-order chi connectivity index (χ0) is 16.4. The van der Waals surface area contributed by atoms with Gasteiger partial charge < -0.3 is 4.98 Å². The van der Waals surface area contributed by atoms with Gasteiger partial charge in [0.1, 0.15) is 5.65 Å². The maximum atomic E-state index is 12.0. The lowest BCUT2D eigenvalue weighted by atomic mass is 10.0. The SMILES string of the molecule is CCN(C)S(=O)(=O)Nc1ccc(-c2ccnc3[nH]ccc23)cc1. The summed E-state index contributed by atoms with van der Waals surface area (Å²) in [5.74, 6) is 0. The molecule has 0 saturated heterocycles. The van der Waals surface area contributed by atoms with Gasteiger partial charge in [-0.3, -0.25) is 4.72 Å². The lowest BCUT2D eigenvalue weighted by Gasteiger charge is -2.16. The normalized spacial score (nSPS) is 12.0. The van der Waals surface area contributed by atoms with Gasteiger partial charge in [-0.25, -0.2) is 4.98 Å². The first-order valence-electron chi connectivity index (χ1n) is 7.28. The highest BCUT2D eigenvalue weighted by molar-refractivity contribution is 7.90. The summed E-state index contributed by atoms with van der Waals surface area (Å²) in [5.41, 5.74) is 3.42. The Morgan fingerprint density at radius 2 is 1.91 bits per heavy atom. The van der Waals surface area contributed by atoms with Crippen LogP contribution in [-0.4, -0.2) is 36.3 Å². The fourth-order valence-electron chi connectivity index (χ4n) is 2.33. The van der Waals surface area contributed by atoms with E-state index in [1.165, 1.54) is 11.4 Å². The Kier molecular flexibility index (Phi) is 4.06. The Hall–Kier alpha value is -2.38. The van der Waals surface area contributed by atoms with Gasteiger partial charge in [-0.2, -0.15) is 12.7 Å². The van der Waals surface area contributed by atoms with E-state index in [1.807, 2.05) is 30.5 Å². The van der Waals surface area contributed by atoms with Crippen LogP contribution in [0, 0.1) is 0 Å². The predicted molar refractivity (Wildman–Crippen MR) is 92.4 cm³/mol. The monoisotopic (exact) mass is 330 g/mol. The molecule has 0 atom stereocenters. The molecule has 2 aromatic heterocycles. The van der Waals surface area contributed by atoms with Crippen molar-refractivity contribution < 1.29 is 8.42 Å². The summed E-state index contributed by atoms with van der Waals surface area (Å²) in [5, 5.41) is 1.03. The van der Waals surface area contributed by atoms with Crippen LogP contribution >= 0.6 is 0 Å². The lowest BCUT2D eigenvalue weighted by molar-refractivity contribution is 0.491. The molecule has 0 bridgehead atoms. The Labute approximate surface area is 135 Å². The molecule has 0 fully saturated rings. The van der Waals surface area contributed by atoms with Crippen LogP contribution in [0.2, 0.25) is 0 Å². The minimum Gasteiger partial charge on any atom is -0.346 e. The number of nitrogens with zero attached hydrogens (tertiary/aromatic N) is 2. The van der Waals surface area contributed by atoms with Crippen LogP contribution in [0.15, 0.2) is 48.8 Å². The second-order valence-electron chi connectivity index (χ2n) is 5.20. The van der Waals surface area contributed by atoms with Crippen molar-refractivity contribution in [3.8, 4) is 11.1 Å². The fraction of sp³-hybridized carbons (Fsp3) is 0.188. The molecular weight excluding hydrogens is 312 g/mol. The van der Waals surface area contributed by atoms with Gasteiger partial charge in [0.2, 0.25) is 0 Å². The van der Waals surface area contributed by atoms with Gasteiger partial charge in [0.05, 0.1) is 0 Å². The van der Waals surface area contributed by atoms with Gasteiger partial charge in [0, 0.05) is 37.1 Å². The maximum Gasteiger partial charge on any atom is 0.301 e. The van der Waals surface area contributed by atoms with Crippen LogP contribution in [0.25, 0.3) is 22.2 Å². The molecule has 0 radical (unpaired) electrons. The van der Waals surface area contributed by atoms with Crippen molar-refractivity contribution in [2.24, 2.45) is 0 Å². The van der Waals surface area contributed by atoms with Crippen molar-refractivity contribution in [1.82, 2.24) is 14.3 Å². The van der Waals surface area contributed by atoms with Crippen molar-refractivity contribution in [3.05, 3.63) is 48.8 Å². The Bertz CT molecular complexity index is 917. The highest BCUT2D eigenvalue weighted by atomic mass is 32.2. The molecule has 3 aromatic rings. The van der Waals surface area contributed by atoms with Crippen LogP contribution in [0.1, 0.15) is 6.92 Å². The number of hydrogen-bond acceptors (Lipinski definition) is 3. The number of nitrogens with one attached hydrogen (secondary N) is 2. The molecule has 2 N–H and O–H groups in total. The average Bonchev–Trinajstić information content (AvgIpc) is 3.03. The van der Waals surface area contributed by atoms with Crippen LogP contribution < -0.4 is 4.72 Å². The van der Waals surface area contributed by atoms with E-state index in [-0.39, 0.29) is 0 Å². The largest absolute Gasteiger partial charge is 0.346 e. The summed E-state index contributed by atoms with van der Waals surface area (Å²) in [4.78, 5) is 7.35. The summed E-state index contributed by atoms with van der Waals surface area (Å²) in [7, 11) is -1.96. The second-order valence-corrected chi connectivity index (χ2v) is 6.97. The van der Waals surface area contributed by atoms with Crippen molar-refractivity contribution in [3.63, 3.8) is 0 Å². The first kappa shape index (κ1) is 15.5. The van der Waals surface area contributed by atoms with Crippen molar-refractivity contribution in [1.29, 1.82) is 0 Å². The average molecular weight is 330 g/mol. The van der Waals surface area contributed by atoms with Gasteiger partial charge in [-0.1, -0.05) is 19.1 Å². The summed E-state index contributed by atoms with van der Waals surface area (Å²) < 4.78 is 27.9. The van der Waals surface area contributed by atoms with Crippen LogP contribution in [0.5, 0.6) is 0 Å². The molecule has 0 amide bonds. The number of hydrogen-bond donors (Lipinski definition) is 2. The number of fused-ring (bicyclic) bond motifs is 1. The van der Waals surface area contributed by atoms with Gasteiger partial charge in [-0.15, -0.1) is 0 Å². The van der Waals surface area contributed by atoms with E-state index in [2.05, 4.69) is 14.7 Å². The number of aromatic amines is 1. The van der Waals surface area contributed by atoms with Crippen LogP contribution in [0.4, 0.5) is 5.69 Å². The molecule has 1 aromatic carbocycles. The zero-order valence-corrected chi connectivity index (χ0v) is 13.8. The molecule has 2 heterocycles. The molecule has 23 heavy (non-hydrogen) atoms. The van der Waals surface area contributed by atoms with Gasteiger partial charge in [-0.05, 0) is 35.4 Å².